The Morgan fingerprint density at radius 1 is 1.05 bits per heavy atom. The van der Waals surface area contributed by atoms with E-state index in [-0.39, 0.29) is 30.2 Å². The number of hydrogen-bond donors (Lipinski definition) is 3. The van der Waals surface area contributed by atoms with Crippen LogP contribution < -0.4 is 10.6 Å². The van der Waals surface area contributed by atoms with Gasteiger partial charge >= 0.3 is 0 Å². The number of para-hydroxylation sites is 2. The number of aromatic hydroxyl groups is 1. The number of phenols is 1. The molecule has 5 rings (SSSR count). The molecule has 2 atom stereocenters. The van der Waals surface area contributed by atoms with Crippen molar-refractivity contribution in [3.05, 3.63) is 107 Å². The second-order valence-corrected chi connectivity index (χ2v) is 10.0. The number of carbonyl (C=O) groups is 1. The van der Waals surface area contributed by atoms with Crippen LogP contribution in [0, 0.1) is 20.8 Å². The SMILES string of the molecule is Cc1cccc(NC(=O)CCN2C(=S)N[C@H](c3ccccn3)[C@@H]2c2cc(C)n(-c3ccccc3O)c2C)c1. The number of benzene rings is 2. The normalized spacial score (nSPS) is 16.9. The molecule has 3 heterocycles. The average Bonchev–Trinajstić information content (AvgIpc) is 3.38. The molecule has 1 fully saturated rings. The molecule has 1 amide bonds. The van der Waals surface area contributed by atoms with Crippen molar-refractivity contribution in [1.82, 2.24) is 19.8 Å². The Hall–Kier alpha value is -4.17. The number of amides is 1. The first kappa shape index (κ1) is 25.5. The van der Waals surface area contributed by atoms with Gasteiger partial charge in [0.1, 0.15) is 5.75 Å². The molecular formula is C30H31N5O2S. The van der Waals surface area contributed by atoms with Crippen LogP contribution in [-0.2, 0) is 4.79 Å². The molecule has 7 nitrogen and oxygen atoms in total. The highest BCUT2D eigenvalue weighted by atomic mass is 32.1. The van der Waals surface area contributed by atoms with Gasteiger partial charge < -0.3 is 25.2 Å². The third kappa shape index (κ3) is 4.99. The van der Waals surface area contributed by atoms with E-state index in [1.807, 2.05) is 81.4 Å². The molecule has 0 bridgehead atoms. The quantitative estimate of drug-likeness (QED) is 0.276. The number of nitrogens with zero attached hydrogens (tertiary/aromatic N) is 3. The van der Waals surface area contributed by atoms with Gasteiger partial charge in [0.15, 0.2) is 5.11 Å². The first-order valence-electron chi connectivity index (χ1n) is 12.7. The Balaban J connectivity index is 1.48. The van der Waals surface area contributed by atoms with Gasteiger partial charge in [-0.1, -0.05) is 30.3 Å². The molecule has 0 aliphatic carbocycles. The number of rotatable bonds is 7. The van der Waals surface area contributed by atoms with Gasteiger partial charge in [0.2, 0.25) is 5.91 Å². The Labute approximate surface area is 228 Å². The third-order valence-corrected chi connectivity index (χ3v) is 7.34. The Morgan fingerprint density at radius 3 is 2.58 bits per heavy atom. The summed E-state index contributed by atoms with van der Waals surface area (Å²) in [7, 11) is 0. The number of aromatic nitrogens is 2. The van der Waals surface area contributed by atoms with Gasteiger partial charge in [-0.2, -0.15) is 0 Å². The lowest BCUT2D eigenvalue weighted by Crippen LogP contribution is -2.32. The summed E-state index contributed by atoms with van der Waals surface area (Å²) in [6.45, 7) is 6.52. The maximum Gasteiger partial charge on any atom is 0.226 e. The van der Waals surface area contributed by atoms with Crippen LogP contribution in [0.15, 0.2) is 79.0 Å². The van der Waals surface area contributed by atoms with Crippen LogP contribution in [0.3, 0.4) is 0 Å². The molecule has 2 aromatic carbocycles. The zero-order valence-corrected chi connectivity index (χ0v) is 22.5. The second-order valence-electron chi connectivity index (χ2n) is 9.64. The molecule has 0 unspecified atom stereocenters. The van der Waals surface area contributed by atoms with Crippen molar-refractivity contribution < 1.29 is 9.90 Å². The zero-order chi connectivity index (χ0) is 26.8. The van der Waals surface area contributed by atoms with Gasteiger partial charge in [0.25, 0.3) is 0 Å². The highest BCUT2D eigenvalue weighted by Crippen LogP contribution is 2.42. The number of phenolic OH excluding ortho intramolecular Hbond substituents is 1. The maximum absolute atomic E-state index is 12.9. The van der Waals surface area contributed by atoms with E-state index in [0.29, 0.717) is 11.7 Å². The lowest BCUT2D eigenvalue weighted by atomic mass is 9.96. The van der Waals surface area contributed by atoms with Crippen molar-refractivity contribution in [1.29, 1.82) is 0 Å². The predicted octanol–water partition coefficient (Wildman–Crippen LogP) is 5.50. The van der Waals surface area contributed by atoms with Crippen LogP contribution in [0.5, 0.6) is 5.75 Å². The van der Waals surface area contributed by atoms with Crippen molar-refractivity contribution in [2.75, 3.05) is 11.9 Å². The number of thiocarbonyl (C=S) groups is 1. The van der Waals surface area contributed by atoms with E-state index in [2.05, 4.69) is 31.2 Å². The van der Waals surface area contributed by atoms with Crippen molar-refractivity contribution in [3.63, 3.8) is 0 Å². The van der Waals surface area contributed by atoms with E-state index in [9.17, 15) is 9.90 Å². The maximum atomic E-state index is 12.9. The molecule has 38 heavy (non-hydrogen) atoms. The van der Waals surface area contributed by atoms with E-state index < -0.39 is 0 Å². The molecule has 0 radical (unpaired) electrons. The zero-order valence-electron chi connectivity index (χ0n) is 21.7. The summed E-state index contributed by atoms with van der Waals surface area (Å²) in [6, 6.07) is 22.7. The fourth-order valence-corrected chi connectivity index (χ4v) is 5.60. The van der Waals surface area contributed by atoms with E-state index in [1.54, 1.807) is 12.3 Å². The van der Waals surface area contributed by atoms with Crippen LogP contribution in [-0.4, -0.2) is 37.1 Å². The third-order valence-electron chi connectivity index (χ3n) is 6.99. The van der Waals surface area contributed by atoms with Crippen LogP contribution in [0.25, 0.3) is 5.69 Å². The van der Waals surface area contributed by atoms with Crippen LogP contribution in [0.1, 0.15) is 46.7 Å². The molecule has 1 aliphatic heterocycles. The molecule has 1 aliphatic rings. The lowest BCUT2D eigenvalue weighted by molar-refractivity contribution is -0.116. The lowest BCUT2D eigenvalue weighted by Gasteiger charge is -2.28. The minimum absolute atomic E-state index is 0.0712. The molecule has 0 saturated carbocycles. The molecule has 0 spiro atoms. The monoisotopic (exact) mass is 525 g/mol. The highest BCUT2D eigenvalue weighted by Gasteiger charge is 2.41. The van der Waals surface area contributed by atoms with Crippen molar-refractivity contribution in [2.45, 2.75) is 39.3 Å². The summed E-state index contributed by atoms with van der Waals surface area (Å²) in [5.41, 5.74) is 6.52. The topological polar surface area (TPSA) is 82.4 Å². The van der Waals surface area contributed by atoms with Crippen LogP contribution in [0.4, 0.5) is 5.69 Å². The Morgan fingerprint density at radius 2 is 1.84 bits per heavy atom. The summed E-state index contributed by atoms with van der Waals surface area (Å²) in [5.74, 6) is 0.144. The molecule has 1 saturated heterocycles. The number of anilines is 1. The second kappa shape index (κ2) is 10.7. The molecular weight excluding hydrogens is 494 g/mol. The van der Waals surface area contributed by atoms with Crippen LogP contribution >= 0.6 is 12.2 Å². The summed E-state index contributed by atoms with van der Waals surface area (Å²) in [6.07, 6.45) is 2.06. The average molecular weight is 526 g/mol. The molecule has 4 aromatic rings. The van der Waals surface area contributed by atoms with Gasteiger partial charge in [-0.25, -0.2) is 0 Å². The van der Waals surface area contributed by atoms with Gasteiger partial charge in [-0.05, 0) is 86.6 Å². The van der Waals surface area contributed by atoms with Gasteiger partial charge in [0, 0.05) is 36.2 Å². The Kier molecular flexibility index (Phi) is 7.15. The van der Waals surface area contributed by atoms with E-state index >= 15 is 0 Å². The van der Waals surface area contributed by atoms with E-state index in [4.69, 9.17) is 12.2 Å². The first-order valence-corrected chi connectivity index (χ1v) is 13.1. The van der Waals surface area contributed by atoms with Gasteiger partial charge in [-0.3, -0.25) is 9.78 Å². The number of carbonyl (C=O) groups excluding carboxylic acids is 1. The number of aryl methyl sites for hydroxylation is 2. The fraction of sp³-hybridized carbons (Fsp3) is 0.233. The van der Waals surface area contributed by atoms with E-state index in [1.165, 1.54) is 0 Å². The summed E-state index contributed by atoms with van der Waals surface area (Å²) in [4.78, 5) is 19.6. The summed E-state index contributed by atoms with van der Waals surface area (Å²) < 4.78 is 2.06. The largest absolute Gasteiger partial charge is 0.506 e. The molecule has 194 valence electrons. The van der Waals surface area contributed by atoms with Crippen molar-refractivity contribution >= 4 is 28.9 Å². The summed E-state index contributed by atoms with van der Waals surface area (Å²) >= 11 is 5.80. The Bertz CT molecular complexity index is 1480. The van der Waals surface area contributed by atoms with Gasteiger partial charge in [-0.15, -0.1) is 0 Å². The number of pyridine rings is 1. The van der Waals surface area contributed by atoms with Gasteiger partial charge in [0.05, 0.1) is 23.5 Å². The molecule has 2 aromatic heterocycles. The minimum Gasteiger partial charge on any atom is -0.506 e. The first-order chi connectivity index (χ1) is 18.3. The molecule has 3 N–H and O–H groups in total. The van der Waals surface area contributed by atoms with Crippen molar-refractivity contribution in [3.8, 4) is 11.4 Å². The predicted molar refractivity (Wildman–Crippen MR) is 153 cm³/mol. The standard InChI is InChI=1S/C30H31N5O2S/c1-19-9-8-10-22(17-19)32-27(37)14-16-34-29(28(33-30(34)38)24-11-6-7-15-31-24)23-18-20(2)35(21(23)3)25-12-4-5-13-26(25)36/h4-13,15,17-18,28-29,36H,14,16H2,1-3H3,(H,32,37)(H,33,38)/t28-,29+/m1/s1. The minimum atomic E-state index is -0.193. The van der Waals surface area contributed by atoms with Crippen LogP contribution in [0.2, 0.25) is 0 Å². The summed E-state index contributed by atoms with van der Waals surface area (Å²) in [5, 5.41) is 17.6. The molecule has 8 heteroatoms. The van der Waals surface area contributed by atoms with E-state index in [0.717, 1.165) is 39.6 Å². The number of nitrogens with one attached hydrogen (secondary N) is 2. The highest BCUT2D eigenvalue weighted by molar-refractivity contribution is 7.80. The fourth-order valence-electron chi connectivity index (χ4n) is 5.26. The number of hydrogen-bond acceptors (Lipinski definition) is 4. The van der Waals surface area contributed by atoms with Crippen molar-refractivity contribution in [2.24, 2.45) is 0 Å². The smallest absolute Gasteiger partial charge is 0.226 e.